The van der Waals surface area contributed by atoms with Crippen molar-refractivity contribution in [1.29, 1.82) is 0 Å². The average Bonchev–Trinajstić information content (AvgIpc) is 3.09. The standard InChI is InChI=1S/C15H21N5/c1-11-13(19-10-18-11)9-20-7-3-4-14(20)12-5-6-17-15(8-12)16-2/h5-6,8,10,14H,3-4,7,9H2,1-2H3,(H,16,17)(H,18,19)/t14-/m0/s1. The van der Waals surface area contributed by atoms with Crippen LogP contribution in [-0.4, -0.2) is 33.4 Å². The molecular weight excluding hydrogens is 250 g/mol. The van der Waals surface area contributed by atoms with E-state index < -0.39 is 0 Å². The van der Waals surface area contributed by atoms with E-state index in [1.807, 2.05) is 13.2 Å². The molecule has 106 valence electrons. The number of likely N-dealkylation sites (tertiary alicyclic amines) is 1. The smallest absolute Gasteiger partial charge is 0.125 e. The molecule has 5 heteroatoms. The summed E-state index contributed by atoms with van der Waals surface area (Å²) in [6, 6.07) is 4.75. The summed E-state index contributed by atoms with van der Waals surface area (Å²) in [7, 11) is 1.91. The zero-order valence-corrected chi connectivity index (χ0v) is 12.1. The van der Waals surface area contributed by atoms with Crippen LogP contribution in [0.1, 0.15) is 35.8 Å². The summed E-state index contributed by atoms with van der Waals surface area (Å²) < 4.78 is 0. The second kappa shape index (κ2) is 5.63. The molecule has 0 bridgehead atoms. The van der Waals surface area contributed by atoms with Gasteiger partial charge in [-0.3, -0.25) is 4.90 Å². The summed E-state index contributed by atoms with van der Waals surface area (Å²) in [5.41, 5.74) is 3.66. The minimum atomic E-state index is 0.473. The first kappa shape index (κ1) is 13.1. The SMILES string of the molecule is CNc1cc([C@@H]2CCCN2Cc2nc[nH]c2C)ccn1. The Labute approximate surface area is 119 Å². The largest absolute Gasteiger partial charge is 0.373 e. The lowest BCUT2D eigenvalue weighted by Crippen LogP contribution is -2.23. The maximum atomic E-state index is 4.42. The summed E-state index contributed by atoms with van der Waals surface area (Å²) in [5.74, 6) is 0.935. The highest BCUT2D eigenvalue weighted by Crippen LogP contribution is 2.33. The monoisotopic (exact) mass is 271 g/mol. The first-order chi connectivity index (χ1) is 9.78. The van der Waals surface area contributed by atoms with Gasteiger partial charge in [0.25, 0.3) is 0 Å². The van der Waals surface area contributed by atoms with Gasteiger partial charge in [0.1, 0.15) is 5.82 Å². The van der Waals surface area contributed by atoms with E-state index in [9.17, 15) is 0 Å². The zero-order valence-electron chi connectivity index (χ0n) is 12.1. The van der Waals surface area contributed by atoms with E-state index in [4.69, 9.17) is 0 Å². The number of imidazole rings is 1. The number of aromatic nitrogens is 3. The molecule has 1 atom stereocenters. The van der Waals surface area contributed by atoms with E-state index >= 15 is 0 Å². The van der Waals surface area contributed by atoms with Crippen molar-refractivity contribution in [1.82, 2.24) is 19.9 Å². The van der Waals surface area contributed by atoms with Gasteiger partial charge in [0, 0.05) is 31.5 Å². The van der Waals surface area contributed by atoms with Crippen molar-refractivity contribution in [3.63, 3.8) is 0 Å². The van der Waals surface area contributed by atoms with Crippen LogP contribution in [0.5, 0.6) is 0 Å². The Morgan fingerprint density at radius 1 is 1.45 bits per heavy atom. The molecule has 1 saturated heterocycles. The molecule has 0 aromatic carbocycles. The highest BCUT2D eigenvalue weighted by atomic mass is 15.2. The van der Waals surface area contributed by atoms with E-state index in [2.05, 4.69) is 44.2 Å². The van der Waals surface area contributed by atoms with Gasteiger partial charge in [-0.15, -0.1) is 0 Å². The Kier molecular flexibility index (Phi) is 3.69. The molecule has 0 saturated carbocycles. The predicted octanol–water partition coefficient (Wildman–Crippen LogP) is 2.49. The number of nitrogens with one attached hydrogen (secondary N) is 2. The van der Waals surface area contributed by atoms with E-state index in [0.29, 0.717) is 6.04 Å². The predicted molar refractivity (Wildman–Crippen MR) is 79.5 cm³/mol. The molecule has 3 heterocycles. The van der Waals surface area contributed by atoms with E-state index in [0.717, 1.165) is 24.6 Å². The molecule has 1 fully saturated rings. The molecule has 20 heavy (non-hydrogen) atoms. The van der Waals surface area contributed by atoms with Crippen LogP contribution in [0.3, 0.4) is 0 Å². The highest BCUT2D eigenvalue weighted by molar-refractivity contribution is 5.38. The lowest BCUT2D eigenvalue weighted by molar-refractivity contribution is 0.245. The molecule has 3 rings (SSSR count). The number of hydrogen-bond acceptors (Lipinski definition) is 4. The number of nitrogens with zero attached hydrogens (tertiary/aromatic N) is 3. The molecule has 0 spiro atoms. The molecule has 2 N–H and O–H groups in total. The number of pyridine rings is 1. The molecule has 5 nitrogen and oxygen atoms in total. The number of aromatic amines is 1. The Balaban J connectivity index is 1.79. The Morgan fingerprint density at radius 2 is 2.35 bits per heavy atom. The minimum absolute atomic E-state index is 0.473. The zero-order chi connectivity index (χ0) is 13.9. The van der Waals surface area contributed by atoms with Crippen LogP contribution in [0.25, 0.3) is 0 Å². The van der Waals surface area contributed by atoms with Crippen molar-refractivity contribution in [3.05, 3.63) is 41.6 Å². The number of anilines is 1. The van der Waals surface area contributed by atoms with Gasteiger partial charge >= 0.3 is 0 Å². The summed E-state index contributed by atoms with van der Waals surface area (Å²) >= 11 is 0. The van der Waals surface area contributed by atoms with Gasteiger partial charge in [-0.05, 0) is 44.0 Å². The van der Waals surface area contributed by atoms with Crippen molar-refractivity contribution in [2.75, 3.05) is 18.9 Å². The molecule has 0 amide bonds. The van der Waals surface area contributed by atoms with Gasteiger partial charge in [-0.25, -0.2) is 9.97 Å². The molecule has 2 aromatic rings. The molecule has 1 aliphatic rings. The van der Waals surface area contributed by atoms with Gasteiger partial charge in [-0.2, -0.15) is 0 Å². The van der Waals surface area contributed by atoms with Crippen LogP contribution in [0.2, 0.25) is 0 Å². The summed E-state index contributed by atoms with van der Waals surface area (Å²) in [5, 5.41) is 3.11. The van der Waals surface area contributed by atoms with Gasteiger partial charge in [-0.1, -0.05) is 0 Å². The lowest BCUT2D eigenvalue weighted by Gasteiger charge is -2.24. The maximum Gasteiger partial charge on any atom is 0.125 e. The third kappa shape index (κ3) is 2.54. The summed E-state index contributed by atoms with van der Waals surface area (Å²) in [6.45, 7) is 4.13. The van der Waals surface area contributed by atoms with Crippen LogP contribution in [0, 0.1) is 6.92 Å². The van der Waals surface area contributed by atoms with Crippen LogP contribution in [0.15, 0.2) is 24.7 Å². The van der Waals surface area contributed by atoms with E-state index in [1.165, 1.54) is 24.1 Å². The first-order valence-electron chi connectivity index (χ1n) is 7.14. The van der Waals surface area contributed by atoms with Crippen molar-refractivity contribution in [2.24, 2.45) is 0 Å². The van der Waals surface area contributed by atoms with Crippen molar-refractivity contribution in [3.8, 4) is 0 Å². The second-order valence-corrected chi connectivity index (χ2v) is 5.33. The van der Waals surface area contributed by atoms with Gasteiger partial charge in [0.15, 0.2) is 0 Å². The highest BCUT2D eigenvalue weighted by Gasteiger charge is 2.27. The minimum Gasteiger partial charge on any atom is -0.373 e. The summed E-state index contributed by atoms with van der Waals surface area (Å²) in [4.78, 5) is 14.4. The maximum absolute atomic E-state index is 4.42. The van der Waals surface area contributed by atoms with Crippen molar-refractivity contribution in [2.45, 2.75) is 32.4 Å². The molecule has 1 aliphatic heterocycles. The Hall–Kier alpha value is -1.88. The Morgan fingerprint density at radius 3 is 3.10 bits per heavy atom. The van der Waals surface area contributed by atoms with Gasteiger partial charge < -0.3 is 10.3 Å². The van der Waals surface area contributed by atoms with Crippen LogP contribution in [-0.2, 0) is 6.54 Å². The van der Waals surface area contributed by atoms with Crippen LogP contribution < -0.4 is 5.32 Å². The molecule has 0 aliphatic carbocycles. The van der Waals surface area contributed by atoms with E-state index in [-0.39, 0.29) is 0 Å². The molecule has 0 radical (unpaired) electrons. The topological polar surface area (TPSA) is 56.8 Å². The number of rotatable bonds is 4. The lowest BCUT2D eigenvalue weighted by atomic mass is 10.1. The quantitative estimate of drug-likeness (QED) is 0.897. The Bertz CT molecular complexity index is 577. The van der Waals surface area contributed by atoms with Crippen LogP contribution >= 0.6 is 0 Å². The first-order valence-corrected chi connectivity index (χ1v) is 7.14. The third-order valence-corrected chi connectivity index (χ3v) is 4.08. The fourth-order valence-electron chi connectivity index (χ4n) is 2.92. The number of aryl methyl sites for hydroxylation is 1. The number of hydrogen-bond donors (Lipinski definition) is 2. The van der Waals surface area contributed by atoms with Crippen molar-refractivity contribution < 1.29 is 0 Å². The van der Waals surface area contributed by atoms with Crippen molar-refractivity contribution >= 4 is 5.82 Å². The third-order valence-electron chi connectivity index (χ3n) is 4.08. The molecule has 2 aromatic heterocycles. The van der Waals surface area contributed by atoms with Gasteiger partial charge in [0.2, 0.25) is 0 Å². The average molecular weight is 271 g/mol. The number of H-pyrrole nitrogens is 1. The molecule has 0 unspecified atom stereocenters. The van der Waals surface area contributed by atoms with Gasteiger partial charge in [0.05, 0.1) is 12.0 Å². The van der Waals surface area contributed by atoms with Crippen LogP contribution in [0.4, 0.5) is 5.82 Å². The normalized spacial score (nSPS) is 19.4. The fraction of sp³-hybridized carbons (Fsp3) is 0.467. The molecular formula is C15H21N5. The van der Waals surface area contributed by atoms with E-state index in [1.54, 1.807) is 6.33 Å². The summed E-state index contributed by atoms with van der Waals surface area (Å²) in [6.07, 6.45) is 6.11. The second-order valence-electron chi connectivity index (χ2n) is 5.33. The fourth-order valence-corrected chi connectivity index (χ4v) is 2.92.